The number of aliphatic imine (C=N–C) groups is 1. The molecule has 0 atom stereocenters. The molecule has 0 radical (unpaired) electrons. The van der Waals surface area contributed by atoms with E-state index in [0.29, 0.717) is 31.6 Å². The maximum Gasteiger partial charge on any atom is 0.218 e. The lowest BCUT2D eigenvalue weighted by atomic mass is 10.1. The number of rotatable bonds is 9. The molecule has 148 valence electrons. The van der Waals surface area contributed by atoms with Gasteiger partial charge in [0.25, 0.3) is 0 Å². The van der Waals surface area contributed by atoms with Crippen molar-refractivity contribution in [1.29, 1.82) is 0 Å². The van der Waals surface area contributed by atoms with E-state index in [4.69, 9.17) is 21.1 Å². The van der Waals surface area contributed by atoms with E-state index in [0.717, 1.165) is 29.1 Å². The fourth-order valence-electron chi connectivity index (χ4n) is 2.33. The standard InChI is InChI=1S/C19H25ClN4O2.HI/c1-21-19(23-11-9-15-6-3-4-8-17(15)20)24-14-16-7-5-10-22-18(16)26-13-12-25-2;/h3-8,10H,9,11-14H2,1-2H3,(H2,21,23,24);1H. The number of halogens is 2. The van der Waals surface area contributed by atoms with Gasteiger partial charge in [-0.3, -0.25) is 4.99 Å². The van der Waals surface area contributed by atoms with Gasteiger partial charge in [-0.05, 0) is 24.1 Å². The van der Waals surface area contributed by atoms with Gasteiger partial charge < -0.3 is 20.1 Å². The summed E-state index contributed by atoms with van der Waals surface area (Å²) in [6.07, 6.45) is 2.53. The molecule has 1 heterocycles. The Morgan fingerprint density at radius 1 is 1.11 bits per heavy atom. The van der Waals surface area contributed by atoms with Crippen LogP contribution in [-0.2, 0) is 17.7 Å². The van der Waals surface area contributed by atoms with Crippen LogP contribution in [0.3, 0.4) is 0 Å². The van der Waals surface area contributed by atoms with Crippen molar-refractivity contribution in [3.63, 3.8) is 0 Å². The van der Waals surface area contributed by atoms with E-state index >= 15 is 0 Å². The highest BCUT2D eigenvalue weighted by molar-refractivity contribution is 14.0. The number of benzene rings is 1. The number of ether oxygens (including phenoxy) is 2. The highest BCUT2D eigenvalue weighted by Crippen LogP contribution is 2.15. The Labute approximate surface area is 182 Å². The molecule has 8 heteroatoms. The highest BCUT2D eigenvalue weighted by atomic mass is 127. The van der Waals surface area contributed by atoms with Crippen molar-refractivity contribution in [2.24, 2.45) is 4.99 Å². The van der Waals surface area contributed by atoms with Crippen molar-refractivity contribution < 1.29 is 9.47 Å². The minimum Gasteiger partial charge on any atom is -0.475 e. The molecule has 6 nitrogen and oxygen atoms in total. The number of pyridine rings is 1. The molecule has 0 saturated carbocycles. The zero-order valence-corrected chi connectivity index (χ0v) is 18.7. The molecule has 0 aliphatic heterocycles. The summed E-state index contributed by atoms with van der Waals surface area (Å²) < 4.78 is 10.6. The number of nitrogens with zero attached hydrogens (tertiary/aromatic N) is 2. The Morgan fingerprint density at radius 3 is 2.63 bits per heavy atom. The average molecular weight is 505 g/mol. The molecule has 0 bridgehead atoms. The number of methoxy groups -OCH3 is 1. The van der Waals surface area contributed by atoms with E-state index in [1.165, 1.54) is 0 Å². The van der Waals surface area contributed by atoms with Gasteiger partial charge in [0.05, 0.1) is 6.61 Å². The lowest BCUT2D eigenvalue weighted by Gasteiger charge is -2.14. The van der Waals surface area contributed by atoms with Gasteiger partial charge in [-0.2, -0.15) is 0 Å². The molecular formula is C19H26ClIN4O2. The van der Waals surface area contributed by atoms with Crippen molar-refractivity contribution in [3.05, 3.63) is 58.7 Å². The molecule has 0 saturated heterocycles. The SMILES string of the molecule is CN=C(NCCc1ccccc1Cl)NCc1cccnc1OCCOC.I. The largest absolute Gasteiger partial charge is 0.475 e. The van der Waals surface area contributed by atoms with Crippen LogP contribution < -0.4 is 15.4 Å². The van der Waals surface area contributed by atoms with Crippen LogP contribution in [0.15, 0.2) is 47.6 Å². The van der Waals surface area contributed by atoms with Crippen LogP contribution in [0.1, 0.15) is 11.1 Å². The number of hydrogen-bond donors (Lipinski definition) is 2. The molecule has 0 fully saturated rings. The summed E-state index contributed by atoms with van der Waals surface area (Å²) in [6.45, 7) is 2.27. The van der Waals surface area contributed by atoms with Crippen LogP contribution >= 0.6 is 35.6 Å². The van der Waals surface area contributed by atoms with Crippen molar-refractivity contribution in [3.8, 4) is 5.88 Å². The third kappa shape index (κ3) is 8.32. The van der Waals surface area contributed by atoms with Gasteiger partial charge in [0.15, 0.2) is 5.96 Å². The minimum absolute atomic E-state index is 0. The zero-order chi connectivity index (χ0) is 18.6. The third-order valence-corrected chi connectivity index (χ3v) is 4.06. The second kappa shape index (κ2) is 13.6. The Balaban J connectivity index is 0.00000364. The second-order valence-electron chi connectivity index (χ2n) is 5.50. The molecular weight excluding hydrogens is 479 g/mol. The first-order chi connectivity index (χ1) is 12.7. The maximum atomic E-state index is 6.18. The molecule has 2 rings (SSSR count). The van der Waals surface area contributed by atoms with E-state index in [-0.39, 0.29) is 24.0 Å². The molecule has 0 amide bonds. The number of aromatic nitrogens is 1. The monoisotopic (exact) mass is 504 g/mol. The Morgan fingerprint density at radius 2 is 1.89 bits per heavy atom. The van der Waals surface area contributed by atoms with Gasteiger partial charge in [-0.25, -0.2) is 4.98 Å². The fraction of sp³-hybridized carbons (Fsp3) is 0.368. The summed E-state index contributed by atoms with van der Waals surface area (Å²) in [7, 11) is 3.38. The van der Waals surface area contributed by atoms with Crippen molar-refractivity contribution >= 4 is 41.5 Å². The van der Waals surface area contributed by atoms with E-state index in [2.05, 4.69) is 20.6 Å². The van der Waals surface area contributed by atoms with Gasteiger partial charge in [-0.1, -0.05) is 35.9 Å². The van der Waals surface area contributed by atoms with E-state index < -0.39 is 0 Å². The van der Waals surface area contributed by atoms with Gasteiger partial charge in [0.1, 0.15) is 6.61 Å². The molecule has 0 spiro atoms. The van der Waals surface area contributed by atoms with Crippen molar-refractivity contribution in [2.45, 2.75) is 13.0 Å². The van der Waals surface area contributed by atoms with Crippen LogP contribution in [0.4, 0.5) is 0 Å². The Hall–Kier alpha value is -1.58. The summed E-state index contributed by atoms with van der Waals surface area (Å²) in [6, 6.07) is 11.7. The smallest absolute Gasteiger partial charge is 0.218 e. The molecule has 2 aromatic rings. The van der Waals surface area contributed by atoms with Gasteiger partial charge in [0.2, 0.25) is 5.88 Å². The number of guanidine groups is 1. The molecule has 0 unspecified atom stereocenters. The first kappa shape index (κ1) is 23.5. The van der Waals surface area contributed by atoms with Crippen LogP contribution in [-0.4, -0.2) is 44.9 Å². The topological polar surface area (TPSA) is 67.8 Å². The maximum absolute atomic E-state index is 6.18. The summed E-state index contributed by atoms with van der Waals surface area (Å²) in [5.41, 5.74) is 2.07. The normalized spacial score (nSPS) is 10.9. The van der Waals surface area contributed by atoms with Crippen LogP contribution in [0, 0.1) is 0 Å². The Bertz CT molecular complexity index is 716. The first-order valence-electron chi connectivity index (χ1n) is 8.48. The zero-order valence-electron chi connectivity index (χ0n) is 15.6. The van der Waals surface area contributed by atoms with Gasteiger partial charge in [0, 0.05) is 44.0 Å². The quantitative estimate of drug-likeness (QED) is 0.237. The lowest BCUT2D eigenvalue weighted by molar-refractivity contribution is 0.143. The predicted molar refractivity (Wildman–Crippen MR) is 120 cm³/mol. The summed E-state index contributed by atoms with van der Waals surface area (Å²) in [5, 5.41) is 7.34. The first-order valence-corrected chi connectivity index (χ1v) is 8.86. The van der Waals surface area contributed by atoms with Crippen LogP contribution in [0.5, 0.6) is 5.88 Å². The molecule has 2 N–H and O–H groups in total. The summed E-state index contributed by atoms with van der Waals surface area (Å²) >= 11 is 6.18. The summed E-state index contributed by atoms with van der Waals surface area (Å²) in [4.78, 5) is 8.52. The van der Waals surface area contributed by atoms with Crippen molar-refractivity contribution in [1.82, 2.24) is 15.6 Å². The van der Waals surface area contributed by atoms with E-state index in [1.54, 1.807) is 20.4 Å². The van der Waals surface area contributed by atoms with Gasteiger partial charge in [-0.15, -0.1) is 24.0 Å². The predicted octanol–water partition coefficient (Wildman–Crippen LogP) is 3.29. The van der Waals surface area contributed by atoms with E-state index in [9.17, 15) is 0 Å². The molecule has 1 aromatic heterocycles. The molecule has 0 aliphatic rings. The van der Waals surface area contributed by atoms with Crippen LogP contribution in [0.25, 0.3) is 0 Å². The third-order valence-electron chi connectivity index (χ3n) is 3.69. The van der Waals surface area contributed by atoms with Crippen LogP contribution in [0.2, 0.25) is 5.02 Å². The van der Waals surface area contributed by atoms with Crippen molar-refractivity contribution in [2.75, 3.05) is 33.9 Å². The Kier molecular flexibility index (Phi) is 11.8. The molecule has 1 aromatic carbocycles. The van der Waals surface area contributed by atoms with E-state index in [1.807, 2.05) is 36.4 Å². The average Bonchev–Trinajstić information content (AvgIpc) is 2.67. The van der Waals surface area contributed by atoms with Gasteiger partial charge >= 0.3 is 0 Å². The minimum atomic E-state index is 0. The second-order valence-corrected chi connectivity index (χ2v) is 5.91. The highest BCUT2D eigenvalue weighted by Gasteiger charge is 2.06. The lowest BCUT2D eigenvalue weighted by Crippen LogP contribution is -2.38. The number of hydrogen-bond acceptors (Lipinski definition) is 4. The molecule has 27 heavy (non-hydrogen) atoms. The summed E-state index contributed by atoms with van der Waals surface area (Å²) in [5.74, 6) is 1.31. The number of nitrogens with one attached hydrogen (secondary N) is 2. The molecule has 0 aliphatic carbocycles. The fourth-order valence-corrected chi connectivity index (χ4v) is 2.56.